The molecule has 0 spiro atoms. The van der Waals surface area contributed by atoms with E-state index >= 15 is 0 Å². The molecule has 0 atom stereocenters. The van der Waals surface area contributed by atoms with Gasteiger partial charge in [-0.15, -0.1) is 11.3 Å². The van der Waals surface area contributed by atoms with Crippen LogP contribution in [-0.2, 0) is 6.54 Å². The Hall–Kier alpha value is -1.26. The lowest BCUT2D eigenvalue weighted by molar-refractivity contribution is 1.18. The van der Waals surface area contributed by atoms with Gasteiger partial charge in [-0.3, -0.25) is 4.98 Å². The number of nitrogens with one attached hydrogen (secondary N) is 1. The van der Waals surface area contributed by atoms with Crippen molar-refractivity contribution in [3.63, 3.8) is 0 Å². The molecule has 0 saturated heterocycles. The first-order valence-electron chi connectivity index (χ1n) is 4.43. The summed E-state index contributed by atoms with van der Waals surface area (Å²) in [6.07, 6.45) is 3.34. The Morgan fingerprint density at radius 2 is 2.27 bits per heavy atom. The second-order valence-corrected chi connectivity index (χ2v) is 4.82. The lowest BCUT2D eigenvalue weighted by Gasteiger charge is -2.06. The SMILES string of the molecule is Nc1cnccc1NCc1ccc(Cl)s1. The summed E-state index contributed by atoms with van der Waals surface area (Å²) in [6, 6.07) is 5.74. The number of hydrogen-bond acceptors (Lipinski definition) is 4. The van der Waals surface area contributed by atoms with Crippen LogP contribution in [0.2, 0.25) is 4.34 Å². The van der Waals surface area contributed by atoms with Crippen molar-refractivity contribution >= 4 is 34.3 Å². The topological polar surface area (TPSA) is 50.9 Å². The molecule has 15 heavy (non-hydrogen) atoms. The average molecular weight is 240 g/mol. The molecule has 0 amide bonds. The molecule has 0 saturated carbocycles. The molecule has 0 unspecified atom stereocenters. The van der Waals surface area contributed by atoms with Gasteiger partial charge in [0.2, 0.25) is 0 Å². The molecular weight excluding hydrogens is 230 g/mol. The number of hydrogen-bond donors (Lipinski definition) is 2. The first-order valence-corrected chi connectivity index (χ1v) is 5.63. The molecule has 5 heteroatoms. The van der Waals surface area contributed by atoms with Crippen molar-refractivity contribution in [3.8, 4) is 0 Å². The van der Waals surface area contributed by atoms with Gasteiger partial charge in [0.25, 0.3) is 0 Å². The highest BCUT2D eigenvalue weighted by Gasteiger charge is 2.00. The second-order valence-electron chi connectivity index (χ2n) is 3.02. The minimum Gasteiger partial charge on any atom is -0.396 e. The molecule has 2 aromatic heterocycles. The predicted molar refractivity (Wildman–Crippen MR) is 65.3 cm³/mol. The molecule has 3 nitrogen and oxygen atoms in total. The number of anilines is 2. The number of rotatable bonds is 3. The zero-order valence-electron chi connectivity index (χ0n) is 7.90. The van der Waals surface area contributed by atoms with Crippen LogP contribution in [0.3, 0.4) is 0 Å². The highest BCUT2D eigenvalue weighted by molar-refractivity contribution is 7.16. The summed E-state index contributed by atoms with van der Waals surface area (Å²) in [5.74, 6) is 0. The molecule has 0 fully saturated rings. The van der Waals surface area contributed by atoms with E-state index in [4.69, 9.17) is 17.3 Å². The Kier molecular flexibility index (Phi) is 3.08. The molecule has 0 aliphatic carbocycles. The van der Waals surface area contributed by atoms with Crippen molar-refractivity contribution in [1.82, 2.24) is 4.98 Å². The summed E-state index contributed by atoms with van der Waals surface area (Å²) >= 11 is 7.39. The number of nitrogens with two attached hydrogens (primary N) is 1. The number of pyridine rings is 1. The van der Waals surface area contributed by atoms with Gasteiger partial charge in [-0.25, -0.2) is 0 Å². The number of halogens is 1. The van der Waals surface area contributed by atoms with Crippen molar-refractivity contribution in [2.75, 3.05) is 11.1 Å². The average Bonchev–Trinajstić information content (AvgIpc) is 2.63. The third kappa shape index (κ3) is 2.61. The minimum absolute atomic E-state index is 0.653. The molecule has 2 aromatic rings. The van der Waals surface area contributed by atoms with Crippen LogP contribution in [0, 0.1) is 0 Å². The maximum atomic E-state index is 5.83. The first kappa shape index (κ1) is 10.3. The summed E-state index contributed by atoms with van der Waals surface area (Å²) in [7, 11) is 0. The molecule has 0 radical (unpaired) electrons. The normalized spacial score (nSPS) is 10.2. The monoisotopic (exact) mass is 239 g/mol. The van der Waals surface area contributed by atoms with E-state index in [-0.39, 0.29) is 0 Å². The molecule has 78 valence electrons. The maximum absolute atomic E-state index is 5.83. The van der Waals surface area contributed by atoms with Gasteiger partial charge in [0.15, 0.2) is 0 Å². The second kappa shape index (κ2) is 4.51. The molecule has 0 aliphatic heterocycles. The van der Waals surface area contributed by atoms with Crippen molar-refractivity contribution in [2.24, 2.45) is 0 Å². The summed E-state index contributed by atoms with van der Waals surface area (Å²) < 4.78 is 0.800. The molecule has 0 bridgehead atoms. The predicted octanol–water partition coefficient (Wildman–Crippen LogP) is 2.99. The fourth-order valence-corrected chi connectivity index (χ4v) is 2.22. The number of nitrogen functional groups attached to an aromatic ring is 1. The van der Waals surface area contributed by atoms with E-state index in [1.807, 2.05) is 18.2 Å². The van der Waals surface area contributed by atoms with E-state index in [2.05, 4.69) is 10.3 Å². The quantitative estimate of drug-likeness (QED) is 0.866. The Balaban J connectivity index is 2.02. The van der Waals surface area contributed by atoms with Gasteiger partial charge in [-0.2, -0.15) is 0 Å². The van der Waals surface area contributed by atoms with E-state index in [1.165, 1.54) is 4.88 Å². The Bertz CT molecular complexity index is 455. The zero-order valence-corrected chi connectivity index (χ0v) is 9.48. The zero-order chi connectivity index (χ0) is 10.7. The smallest absolute Gasteiger partial charge is 0.0931 e. The fourth-order valence-electron chi connectivity index (χ4n) is 1.20. The van der Waals surface area contributed by atoms with Crippen LogP contribution in [0.15, 0.2) is 30.6 Å². The molecule has 2 heterocycles. The standard InChI is InChI=1S/C10H10ClN3S/c11-10-2-1-7(15-10)5-14-9-3-4-13-6-8(9)12/h1-4,6H,5,12H2,(H,13,14). The van der Waals surface area contributed by atoms with Crippen molar-refractivity contribution in [1.29, 1.82) is 0 Å². The number of aromatic nitrogens is 1. The lowest BCUT2D eigenvalue weighted by Crippen LogP contribution is -2.01. The van der Waals surface area contributed by atoms with E-state index in [0.29, 0.717) is 5.69 Å². The Morgan fingerprint density at radius 3 is 2.93 bits per heavy atom. The van der Waals surface area contributed by atoms with Crippen molar-refractivity contribution < 1.29 is 0 Å². The summed E-state index contributed by atoms with van der Waals surface area (Å²) in [6.45, 7) is 0.728. The van der Waals surface area contributed by atoms with Crippen LogP contribution in [0.4, 0.5) is 11.4 Å². The number of nitrogens with zero attached hydrogens (tertiary/aromatic N) is 1. The summed E-state index contributed by atoms with van der Waals surface area (Å²) in [5, 5.41) is 3.23. The Labute approximate surface area is 96.9 Å². The van der Waals surface area contributed by atoms with Gasteiger partial charge in [0, 0.05) is 17.6 Å². The first-order chi connectivity index (χ1) is 7.25. The molecular formula is C10H10ClN3S. The van der Waals surface area contributed by atoms with Gasteiger partial charge in [-0.1, -0.05) is 11.6 Å². The molecule has 3 N–H and O–H groups in total. The lowest BCUT2D eigenvalue weighted by atomic mass is 10.3. The van der Waals surface area contributed by atoms with Gasteiger partial charge in [0.05, 0.1) is 21.9 Å². The van der Waals surface area contributed by atoms with Gasteiger partial charge in [-0.05, 0) is 18.2 Å². The van der Waals surface area contributed by atoms with Crippen molar-refractivity contribution in [3.05, 3.63) is 39.8 Å². The fraction of sp³-hybridized carbons (Fsp3) is 0.100. The van der Waals surface area contributed by atoms with Crippen LogP contribution in [0.25, 0.3) is 0 Å². The van der Waals surface area contributed by atoms with Gasteiger partial charge >= 0.3 is 0 Å². The maximum Gasteiger partial charge on any atom is 0.0931 e. The summed E-state index contributed by atoms with van der Waals surface area (Å²) in [5.41, 5.74) is 7.29. The highest BCUT2D eigenvalue weighted by atomic mass is 35.5. The van der Waals surface area contributed by atoms with Crippen LogP contribution in [0.5, 0.6) is 0 Å². The van der Waals surface area contributed by atoms with Crippen LogP contribution >= 0.6 is 22.9 Å². The third-order valence-corrected chi connectivity index (χ3v) is 3.16. The minimum atomic E-state index is 0.653. The van der Waals surface area contributed by atoms with E-state index in [9.17, 15) is 0 Å². The Morgan fingerprint density at radius 1 is 1.40 bits per heavy atom. The molecule has 0 aromatic carbocycles. The molecule has 2 rings (SSSR count). The highest BCUT2D eigenvalue weighted by Crippen LogP contribution is 2.23. The summed E-state index contributed by atoms with van der Waals surface area (Å²) in [4.78, 5) is 5.10. The van der Waals surface area contributed by atoms with E-state index < -0.39 is 0 Å². The van der Waals surface area contributed by atoms with Crippen LogP contribution < -0.4 is 11.1 Å². The van der Waals surface area contributed by atoms with Crippen molar-refractivity contribution in [2.45, 2.75) is 6.54 Å². The van der Waals surface area contributed by atoms with E-state index in [0.717, 1.165) is 16.6 Å². The largest absolute Gasteiger partial charge is 0.396 e. The van der Waals surface area contributed by atoms with Gasteiger partial charge in [0.1, 0.15) is 0 Å². The number of thiophene rings is 1. The molecule has 0 aliphatic rings. The van der Waals surface area contributed by atoms with Crippen LogP contribution in [0.1, 0.15) is 4.88 Å². The van der Waals surface area contributed by atoms with Crippen LogP contribution in [-0.4, -0.2) is 4.98 Å². The van der Waals surface area contributed by atoms with E-state index in [1.54, 1.807) is 23.7 Å². The third-order valence-electron chi connectivity index (χ3n) is 1.93. The van der Waals surface area contributed by atoms with Gasteiger partial charge < -0.3 is 11.1 Å².